The summed E-state index contributed by atoms with van der Waals surface area (Å²) in [5.41, 5.74) is 1.25. The van der Waals surface area contributed by atoms with Gasteiger partial charge in [-0.15, -0.1) is 0 Å². The van der Waals surface area contributed by atoms with Crippen LogP contribution in [0.2, 0.25) is 0 Å². The number of fused-ring (bicyclic) bond motifs is 1. The maximum atomic E-state index is 11.8. The molecule has 0 aliphatic rings. The largest absolute Gasteiger partial charge is 0.360 e. The lowest BCUT2D eigenvalue weighted by Crippen LogP contribution is -2.18. The van der Waals surface area contributed by atoms with Crippen molar-refractivity contribution in [1.82, 2.24) is 4.98 Å². The van der Waals surface area contributed by atoms with E-state index in [1.165, 1.54) is 0 Å². The van der Waals surface area contributed by atoms with Crippen LogP contribution < -0.4 is 0 Å². The van der Waals surface area contributed by atoms with E-state index in [2.05, 4.69) is 27.6 Å². The third kappa shape index (κ3) is 2.32. The number of hydrogen-bond donors (Lipinski definition) is 1. The minimum absolute atomic E-state index is 0.395. The molecule has 16 heavy (non-hydrogen) atoms. The fourth-order valence-corrected chi connectivity index (χ4v) is 2.24. The van der Waals surface area contributed by atoms with Gasteiger partial charge in [0.1, 0.15) is 0 Å². The number of H-pyrrole nitrogens is 1. The first kappa shape index (κ1) is 12.5. The molecule has 0 spiro atoms. The Morgan fingerprint density at radius 1 is 1.31 bits per heavy atom. The number of carbonyl (C=O) groups is 1. The molecule has 2 nitrogen and oxygen atoms in total. The van der Waals surface area contributed by atoms with E-state index in [4.69, 9.17) is 34.8 Å². The maximum Gasteiger partial charge on any atom is 0.253 e. The molecule has 0 amide bonds. The molecule has 0 unspecified atom stereocenters. The average molecular weight is 388 g/mol. The number of ketones is 1. The third-order valence-electron chi connectivity index (χ3n) is 2.15. The molecule has 1 aromatic heterocycles. The second-order valence-electron chi connectivity index (χ2n) is 3.22. The molecule has 1 N–H and O–H groups in total. The molecule has 0 atom stereocenters. The van der Waals surface area contributed by atoms with E-state index in [0.29, 0.717) is 5.56 Å². The molecule has 6 heteroatoms. The quantitative estimate of drug-likeness (QED) is 0.440. The van der Waals surface area contributed by atoms with E-state index in [9.17, 15) is 4.79 Å². The van der Waals surface area contributed by atoms with Crippen molar-refractivity contribution in [3.63, 3.8) is 0 Å². The Morgan fingerprint density at radius 3 is 2.62 bits per heavy atom. The molecular formula is C10H5Cl3INO. The van der Waals surface area contributed by atoms with Crippen molar-refractivity contribution in [3.8, 4) is 0 Å². The molecule has 0 aliphatic heterocycles. The fourth-order valence-electron chi connectivity index (χ4n) is 1.44. The molecule has 2 rings (SSSR count). The number of benzene rings is 1. The van der Waals surface area contributed by atoms with Crippen LogP contribution in [0.15, 0.2) is 24.4 Å². The summed E-state index contributed by atoms with van der Waals surface area (Å²) in [4.78, 5) is 14.8. The lowest BCUT2D eigenvalue weighted by atomic mass is 10.1. The van der Waals surface area contributed by atoms with Gasteiger partial charge in [0.25, 0.3) is 3.79 Å². The first-order valence-corrected chi connectivity index (χ1v) is 6.49. The SMILES string of the molecule is O=C(c1c[nH]c2cc(I)ccc12)C(Cl)(Cl)Cl. The van der Waals surface area contributed by atoms with Gasteiger partial charge in [0.2, 0.25) is 5.78 Å². The smallest absolute Gasteiger partial charge is 0.253 e. The number of carbonyl (C=O) groups excluding carboxylic acids is 1. The minimum atomic E-state index is -1.92. The number of aromatic amines is 1. The van der Waals surface area contributed by atoms with Gasteiger partial charge < -0.3 is 4.98 Å². The highest BCUT2D eigenvalue weighted by Gasteiger charge is 2.33. The molecule has 0 radical (unpaired) electrons. The summed E-state index contributed by atoms with van der Waals surface area (Å²) in [5.74, 6) is -0.523. The molecule has 0 bridgehead atoms. The van der Waals surface area contributed by atoms with E-state index in [-0.39, 0.29) is 0 Å². The predicted molar refractivity (Wildman–Crippen MR) is 75.6 cm³/mol. The highest BCUT2D eigenvalue weighted by molar-refractivity contribution is 14.1. The van der Waals surface area contributed by atoms with Crippen LogP contribution >= 0.6 is 57.4 Å². The Morgan fingerprint density at radius 2 is 2.00 bits per heavy atom. The molecule has 0 fully saturated rings. The monoisotopic (exact) mass is 387 g/mol. The van der Waals surface area contributed by atoms with Crippen molar-refractivity contribution in [2.75, 3.05) is 0 Å². The summed E-state index contributed by atoms with van der Waals surface area (Å²) >= 11 is 18.9. The number of Topliss-reactive ketones (excluding diaryl/α,β-unsaturated/α-hetero) is 1. The predicted octanol–water partition coefficient (Wildman–Crippen LogP) is 4.33. The zero-order chi connectivity index (χ0) is 11.9. The van der Waals surface area contributed by atoms with Crippen LogP contribution in [0.3, 0.4) is 0 Å². The van der Waals surface area contributed by atoms with Crippen LogP contribution in [0, 0.1) is 3.57 Å². The Labute approximate surface area is 120 Å². The summed E-state index contributed by atoms with van der Waals surface area (Å²) in [6, 6.07) is 5.65. The molecule has 2 aromatic rings. The molecular weight excluding hydrogens is 383 g/mol. The van der Waals surface area contributed by atoms with Crippen LogP contribution in [-0.4, -0.2) is 14.6 Å². The van der Waals surface area contributed by atoms with Crippen LogP contribution in [0.25, 0.3) is 10.9 Å². The van der Waals surface area contributed by atoms with Gasteiger partial charge >= 0.3 is 0 Å². The highest BCUT2D eigenvalue weighted by Crippen LogP contribution is 2.33. The number of nitrogens with one attached hydrogen (secondary N) is 1. The lowest BCUT2D eigenvalue weighted by molar-refractivity contribution is 0.0998. The molecule has 1 heterocycles. The maximum absolute atomic E-state index is 11.8. The molecule has 1 aromatic carbocycles. The van der Waals surface area contributed by atoms with E-state index in [0.717, 1.165) is 14.5 Å². The van der Waals surface area contributed by atoms with Gasteiger partial charge in [0.15, 0.2) is 0 Å². The van der Waals surface area contributed by atoms with Gasteiger partial charge in [-0.1, -0.05) is 40.9 Å². The van der Waals surface area contributed by atoms with Crippen molar-refractivity contribution in [2.24, 2.45) is 0 Å². The first-order chi connectivity index (χ1) is 7.39. The van der Waals surface area contributed by atoms with Gasteiger partial charge in [0, 0.05) is 26.2 Å². The van der Waals surface area contributed by atoms with Crippen molar-refractivity contribution in [1.29, 1.82) is 0 Å². The number of hydrogen-bond acceptors (Lipinski definition) is 1. The van der Waals surface area contributed by atoms with Gasteiger partial charge in [-0.05, 0) is 34.7 Å². The standard InChI is InChI=1S/C10H5Cl3INO/c11-10(12,13)9(16)7-4-15-8-3-5(14)1-2-6(7)8/h1-4,15H. The van der Waals surface area contributed by atoms with E-state index < -0.39 is 9.58 Å². The summed E-state index contributed by atoms with van der Waals surface area (Å²) < 4.78 is -0.849. The van der Waals surface area contributed by atoms with E-state index >= 15 is 0 Å². The van der Waals surface area contributed by atoms with Crippen molar-refractivity contribution in [3.05, 3.63) is 33.5 Å². The summed E-state index contributed by atoms with van der Waals surface area (Å²) in [6.07, 6.45) is 1.56. The minimum Gasteiger partial charge on any atom is -0.360 e. The molecule has 0 aliphatic carbocycles. The summed E-state index contributed by atoms with van der Waals surface area (Å²) in [6.45, 7) is 0. The van der Waals surface area contributed by atoms with Crippen molar-refractivity contribution < 1.29 is 4.79 Å². The molecule has 0 saturated carbocycles. The van der Waals surface area contributed by atoms with Crippen LogP contribution in [0.1, 0.15) is 10.4 Å². The van der Waals surface area contributed by atoms with Crippen molar-refractivity contribution in [2.45, 2.75) is 3.79 Å². The lowest BCUT2D eigenvalue weighted by Gasteiger charge is -2.07. The number of aromatic nitrogens is 1. The molecule has 0 saturated heterocycles. The van der Waals surface area contributed by atoms with Crippen LogP contribution in [0.4, 0.5) is 0 Å². The van der Waals surface area contributed by atoms with E-state index in [1.54, 1.807) is 6.20 Å². The van der Waals surface area contributed by atoms with Crippen LogP contribution in [0.5, 0.6) is 0 Å². The molecule has 84 valence electrons. The zero-order valence-corrected chi connectivity index (χ0v) is 12.2. The Balaban J connectivity index is 2.59. The second kappa shape index (κ2) is 4.37. The zero-order valence-electron chi connectivity index (χ0n) is 7.73. The van der Waals surface area contributed by atoms with Gasteiger partial charge in [-0.3, -0.25) is 4.79 Å². The van der Waals surface area contributed by atoms with E-state index in [1.807, 2.05) is 18.2 Å². The van der Waals surface area contributed by atoms with Gasteiger partial charge in [-0.25, -0.2) is 0 Å². The van der Waals surface area contributed by atoms with Crippen LogP contribution in [-0.2, 0) is 0 Å². The summed E-state index contributed by atoms with van der Waals surface area (Å²) in [5, 5.41) is 0.761. The number of alkyl halides is 3. The van der Waals surface area contributed by atoms with Gasteiger partial charge in [-0.2, -0.15) is 0 Å². The normalized spacial score (nSPS) is 12.0. The Bertz CT molecular complexity index is 559. The first-order valence-electron chi connectivity index (χ1n) is 4.28. The van der Waals surface area contributed by atoms with Gasteiger partial charge in [0.05, 0.1) is 0 Å². The Kier molecular flexibility index (Phi) is 3.41. The third-order valence-corrected chi connectivity index (χ3v) is 3.33. The summed E-state index contributed by atoms with van der Waals surface area (Å²) in [7, 11) is 0. The fraction of sp³-hybridized carbons (Fsp3) is 0.100. The Hall–Kier alpha value is 0.0300. The highest BCUT2D eigenvalue weighted by atomic mass is 127. The average Bonchev–Trinajstić information content (AvgIpc) is 2.57. The number of rotatable bonds is 1. The second-order valence-corrected chi connectivity index (χ2v) is 6.75. The van der Waals surface area contributed by atoms with Crippen molar-refractivity contribution >= 4 is 74.1 Å². The number of halogens is 4. The topological polar surface area (TPSA) is 32.9 Å².